The van der Waals surface area contributed by atoms with Crippen molar-refractivity contribution in [2.75, 3.05) is 26.2 Å². The number of hydrogen-bond donors (Lipinski definition) is 1. The summed E-state index contributed by atoms with van der Waals surface area (Å²) in [6.45, 7) is 4.05. The Balaban J connectivity index is 1.68. The minimum atomic E-state index is 0.343. The molecule has 4 heteroatoms. The SMILES string of the molecule is ClN1CCNC(COCc2ccccc2)C1. The lowest BCUT2D eigenvalue weighted by atomic mass is 10.2. The minimum Gasteiger partial charge on any atom is -0.375 e. The first-order chi connectivity index (χ1) is 7.84. The molecule has 0 amide bonds. The fourth-order valence-corrected chi connectivity index (χ4v) is 2.04. The van der Waals surface area contributed by atoms with Crippen molar-refractivity contribution >= 4 is 11.8 Å². The number of hydrogen-bond acceptors (Lipinski definition) is 3. The Bertz CT molecular complexity index is 307. The molecule has 1 aromatic carbocycles. The number of rotatable bonds is 4. The summed E-state index contributed by atoms with van der Waals surface area (Å²) in [5, 5.41) is 3.38. The van der Waals surface area contributed by atoms with Crippen molar-refractivity contribution in [1.82, 2.24) is 9.74 Å². The van der Waals surface area contributed by atoms with E-state index in [0.717, 1.165) is 19.6 Å². The predicted octanol–water partition coefficient (Wildman–Crippen LogP) is 1.63. The molecule has 1 fully saturated rings. The van der Waals surface area contributed by atoms with Crippen LogP contribution < -0.4 is 5.32 Å². The Morgan fingerprint density at radius 2 is 2.19 bits per heavy atom. The molecule has 16 heavy (non-hydrogen) atoms. The second kappa shape index (κ2) is 6.21. The van der Waals surface area contributed by atoms with Gasteiger partial charge in [0, 0.05) is 25.7 Å². The van der Waals surface area contributed by atoms with Gasteiger partial charge >= 0.3 is 0 Å². The van der Waals surface area contributed by atoms with Crippen LogP contribution in [0.1, 0.15) is 5.56 Å². The summed E-state index contributed by atoms with van der Waals surface area (Å²) in [5.74, 6) is 0. The van der Waals surface area contributed by atoms with E-state index in [0.29, 0.717) is 19.3 Å². The molecule has 2 rings (SSSR count). The Hall–Kier alpha value is -0.610. The molecule has 1 aliphatic rings. The predicted molar refractivity (Wildman–Crippen MR) is 65.3 cm³/mol. The van der Waals surface area contributed by atoms with Crippen LogP contribution in [0.2, 0.25) is 0 Å². The maximum Gasteiger partial charge on any atom is 0.0717 e. The Labute approximate surface area is 101 Å². The summed E-state index contributed by atoms with van der Waals surface area (Å²) in [7, 11) is 0. The molecule has 0 bridgehead atoms. The summed E-state index contributed by atoms with van der Waals surface area (Å²) < 4.78 is 7.47. The molecule has 1 N–H and O–H groups in total. The maximum atomic E-state index is 5.95. The van der Waals surface area contributed by atoms with Gasteiger partial charge in [-0.15, -0.1) is 0 Å². The first-order valence-corrected chi connectivity index (χ1v) is 5.94. The molecule has 88 valence electrons. The number of halogens is 1. The molecule has 1 aromatic rings. The highest BCUT2D eigenvalue weighted by molar-refractivity contribution is 6.13. The van der Waals surface area contributed by atoms with Crippen LogP contribution in [0.4, 0.5) is 0 Å². The molecule has 0 aliphatic carbocycles. The molecular weight excluding hydrogens is 224 g/mol. The first-order valence-electron chi connectivity index (χ1n) is 5.60. The zero-order chi connectivity index (χ0) is 11.2. The van der Waals surface area contributed by atoms with Crippen LogP contribution in [0.25, 0.3) is 0 Å². The van der Waals surface area contributed by atoms with Crippen LogP contribution in [0, 0.1) is 0 Å². The van der Waals surface area contributed by atoms with Crippen LogP contribution in [-0.2, 0) is 11.3 Å². The summed E-state index contributed by atoms with van der Waals surface area (Å²) in [5.41, 5.74) is 1.21. The van der Waals surface area contributed by atoms with Crippen LogP contribution in [0.5, 0.6) is 0 Å². The van der Waals surface area contributed by atoms with E-state index in [4.69, 9.17) is 16.5 Å². The summed E-state index contributed by atoms with van der Waals surface area (Å²) >= 11 is 5.95. The van der Waals surface area contributed by atoms with Gasteiger partial charge < -0.3 is 10.1 Å². The molecular formula is C12H17ClN2O. The number of benzene rings is 1. The van der Waals surface area contributed by atoms with Gasteiger partial charge in [-0.3, -0.25) is 0 Å². The Kier molecular flexibility index (Phi) is 4.60. The largest absolute Gasteiger partial charge is 0.375 e. The summed E-state index contributed by atoms with van der Waals surface area (Å²) in [6.07, 6.45) is 0. The third-order valence-corrected chi connectivity index (χ3v) is 2.94. The van der Waals surface area contributed by atoms with Crippen molar-refractivity contribution in [2.45, 2.75) is 12.6 Å². The minimum absolute atomic E-state index is 0.343. The third kappa shape index (κ3) is 3.76. The van der Waals surface area contributed by atoms with Crippen LogP contribution in [0.3, 0.4) is 0 Å². The van der Waals surface area contributed by atoms with E-state index in [2.05, 4.69) is 17.4 Å². The van der Waals surface area contributed by atoms with Crippen molar-refractivity contribution in [1.29, 1.82) is 0 Å². The Morgan fingerprint density at radius 3 is 2.94 bits per heavy atom. The normalized spacial score (nSPS) is 22.2. The van der Waals surface area contributed by atoms with E-state index in [1.54, 1.807) is 0 Å². The average molecular weight is 241 g/mol. The topological polar surface area (TPSA) is 24.5 Å². The molecule has 0 spiro atoms. The van der Waals surface area contributed by atoms with Crippen molar-refractivity contribution < 1.29 is 4.74 Å². The number of ether oxygens (including phenoxy) is 1. The number of piperazine rings is 1. The average Bonchev–Trinajstić information content (AvgIpc) is 2.30. The van der Waals surface area contributed by atoms with E-state index >= 15 is 0 Å². The molecule has 1 heterocycles. The van der Waals surface area contributed by atoms with Gasteiger partial charge in [0.2, 0.25) is 0 Å². The lowest BCUT2D eigenvalue weighted by Crippen LogP contribution is -2.49. The monoisotopic (exact) mass is 240 g/mol. The van der Waals surface area contributed by atoms with E-state index in [9.17, 15) is 0 Å². The summed E-state index contributed by atoms with van der Waals surface area (Å²) in [4.78, 5) is 0. The van der Waals surface area contributed by atoms with E-state index in [1.165, 1.54) is 5.56 Å². The van der Waals surface area contributed by atoms with Crippen molar-refractivity contribution in [3.63, 3.8) is 0 Å². The van der Waals surface area contributed by atoms with Crippen molar-refractivity contribution in [2.24, 2.45) is 0 Å². The molecule has 0 radical (unpaired) electrons. The second-order valence-electron chi connectivity index (χ2n) is 4.02. The highest BCUT2D eigenvalue weighted by atomic mass is 35.5. The van der Waals surface area contributed by atoms with Gasteiger partial charge in [-0.1, -0.05) is 30.3 Å². The van der Waals surface area contributed by atoms with Gasteiger partial charge in [-0.25, -0.2) is 4.42 Å². The zero-order valence-corrected chi connectivity index (χ0v) is 9.99. The molecule has 0 aromatic heterocycles. The lowest BCUT2D eigenvalue weighted by Gasteiger charge is -2.28. The van der Waals surface area contributed by atoms with Gasteiger partial charge in [0.05, 0.1) is 13.2 Å². The molecule has 1 saturated heterocycles. The molecule has 3 nitrogen and oxygen atoms in total. The maximum absolute atomic E-state index is 5.95. The Morgan fingerprint density at radius 1 is 1.38 bits per heavy atom. The lowest BCUT2D eigenvalue weighted by molar-refractivity contribution is 0.0858. The molecule has 1 atom stereocenters. The van der Waals surface area contributed by atoms with Crippen LogP contribution >= 0.6 is 11.8 Å². The smallest absolute Gasteiger partial charge is 0.0717 e. The van der Waals surface area contributed by atoms with Crippen LogP contribution in [0.15, 0.2) is 30.3 Å². The number of nitrogens with one attached hydrogen (secondary N) is 1. The van der Waals surface area contributed by atoms with Gasteiger partial charge in [-0.05, 0) is 17.3 Å². The van der Waals surface area contributed by atoms with E-state index in [1.807, 2.05) is 22.6 Å². The first kappa shape index (κ1) is 11.9. The number of nitrogens with zero attached hydrogens (tertiary/aromatic N) is 1. The fourth-order valence-electron chi connectivity index (χ4n) is 1.79. The third-order valence-electron chi connectivity index (χ3n) is 2.64. The van der Waals surface area contributed by atoms with E-state index in [-0.39, 0.29) is 0 Å². The highest BCUT2D eigenvalue weighted by Crippen LogP contribution is 2.05. The molecule has 1 unspecified atom stereocenters. The fraction of sp³-hybridized carbons (Fsp3) is 0.500. The molecule has 1 aliphatic heterocycles. The van der Waals surface area contributed by atoms with Crippen LogP contribution in [-0.4, -0.2) is 36.7 Å². The standard InChI is InChI=1S/C12H17ClN2O/c13-15-7-6-14-12(8-15)10-16-9-11-4-2-1-3-5-11/h1-5,12,14H,6-10H2. The second-order valence-corrected chi connectivity index (χ2v) is 4.50. The van der Waals surface area contributed by atoms with E-state index < -0.39 is 0 Å². The van der Waals surface area contributed by atoms with Crippen molar-refractivity contribution in [3.05, 3.63) is 35.9 Å². The van der Waals surface area contributed by atoms with Gasteiger partial charge in [-0.2, -0.15) is 0 Å². The molecule has 0 saturated carbocycles. The van der Waals surface area contributed by atoms with Gasteiger partial charge in [0.1, 0.15) is 0 Å². The quantitative estimate of drug-likeness (QED) is 0.810. The van der Waals surface area contributed by atoms with Gasteiger partial charge in [0.15, 0.2) is 0 Å². The van der Waals surface area contributed by atoms with Gasteiger partial charge in [0.25, 0.3) is 0 Å². The zero-order valence-electron chi connectivity index (χ0n) is 9.23. The highest BCUT2D eigenvalue weighted by Gasteiger charge is 2.17. The summed E-state index contributed by atoms with van der Waals surface area (Å²) in [6, 6.07) is 10.5. The van der Waals surface area contributed by atoms with Crippen molar-refractivity contribution in [3.8, 4) is 0 Å².